The summed E-state index contributed by atoms with van der Waals surface area (Å²) in [4.78, 5) is 0. The predicted molar refractivity (Wildman–Crippen MR) is 76.4 cm³/mol. The third kappa shape index (κ3) is 2.60. The molecule has 18 heavy (non-hydrogen) atoms. The van der Waals surface area contributed by atoms with E-state index >= 15 is 0 Å². The number of aliphatic hydroxyl groups excluding tert-OH is 2. The average Bonchev–Trinajstić information content (AvgIpc) is 2.40. The highest BCUT2D eigenvalue weighted by molar-refractivity contribution is 5.00. The second kappa shape index (κ2) is 6.91. The normalized spacial score (nSPS) is 41.0. The highest BCUT2D eigenvalue weighted by atomic mass is 16.3. The Kier molecular flexibility index (Phi) is 6.13. The summed E-state index contributed by atoms with van der Waals surface area (Å²) in [6, 6.07) is 0. The molecule has 2 nitrogen and oxygen atoms in total. The molecule has 0 aromatic heterocycles. The van der Waals surface area contributed by atoms with Crippen LogP contribution in [-0.4, -0.2) is 22.9 Å². The molecule has 0 aliphatic heterocycles. The van der Waals surface area contributed by atoms with Crippen LogP contribution in [0.15, 0.2) is 0 Å². The van der Waals surface area contributed by atoms with Crippen LogP contribution in [0.2, 0.25) is 0 Å². The van der Waals surface area contributed by atoms with E-state index in [2.05, 4.69) is 27.7 Å². The van der Waals surface area contributed by atoms with E-state index in [-0.39, 0.29) is 18.1 Å². The Labute approximate surface area is 113 Å². The van der Waals surface area contributed by atoms with Crippen molar-refractivity contribution in [1.82, 2.24) is 0 Å². The molecular weight excluding hydrogens is 224 g/mol. The molecule has 0 aromatic rings. The van der Waals surface area contributed by atoms with Gasteiger partial charge in [0.1, 0.15) is 0 Å². The number of rotatable bonds is 6. The predicted octanol–water partition coefficient (Wildman–Crippen LogP) is 3.61. The summed E-state index contributed by atoms with van der Waals surface area (Å²) in [5.74, 6) is 1.53. The lowest BCUT2D eigenvalue weighted by Gasteiger charge is -2.53. The Bertz CT molecular complexity index is 235. The summed E-state index contributed by atoms with van der Waals surface area (Å²) < 4.78 is 0. The fraction of sp³-hybridized carbons (Fsp3) is 1.00. The lowest BCUT2D eigenvalue weighted by Crippen LogP contribution is -2.54. The van der Waals surface area contributed by atoms with Gasteiger partial charge in [-0.15, -0.1) is 0 Å². The van der Waals surface area contributed by atoms with E-state index in [1.165, 1.54) is 6.42 Å². The smallest absolute Gasteiger partial charge is 0.0649 e. The van der Waals surface area contributed by atoms with Gasteiger partial charge >= 0.3 is 0 Å². The molecule has 0 amide bonds. The third-order valence-electron chi connectivity index (χ3n) is 5.55. The highest BCUT2D eigenvalue weighted by Crippen LogP contribution is 2.52. The van der Waals surface area contributed by atoms with Crippen LogP contribution >= 0.6 is 0 Å². The topological polar surface area (TPSA) is 40.5 Å². The van der Waals surface area contributed by atoms with E-state index in [0.29, 0.717) is 17.8 Å². The summed E-state index contributed by atoms with van der Waals surface area (Å²) in [7, 11) is 0. The van der Waals surface area contributed by atoms with Crippen LogP contribution in [-0.2, 0) is 0 Å². The first-order chi connectivity index (χ1) is 8.61. The first kappa shape index (κ1) is 16.0. The quantitative estimate of drug-likeness (QED) is 0.762. The van der Waals surface area contributed by atoms with Crippen LogP contribution in [0.5, 0.6) is 0 Å². The third-order valence-corrected chi connectivity index (χ3v) is 5.55. The fourth-order valence-electron chi connectivity index (χ4n) is 4.31. The van der Waals surface area contributed by atoms with Crippen molar-refractivity contribution in [3.05, 3.63) is 0 Å². The summed E-state index contributed by atoms with van der Waals surface area (Å²) in [5.41, 5.74) is -0.254. The molecule has 0 aromatic carbocycles. The Balaban J connectivity index is 3.08. The molecule has 5 atom stereocenters. The summed E-state index contributed by atoms with van der Waals surface area (Å²) >= 11 is 0. The van der Waals surface area contributed by atoms with Crippen molar-refractivity contribution in [2.75, 3.05) is 6.61 Å². The maximum Gasteiger partial charge on any atom is 0.0649 e. The van der Waals surface area contributed by atoms with Crippen LogP contribution in [0.1, 0.15) is 66.2 Å². The fourth-order valence-corrected chi connectivity index (χ4v) is 4.31. The summed E-state index contributed by atoms with van der Waals surface area (Å²) in [5, 5.41) is 20.7. The SMILES string of the molecule is CCC[C@@H]1[C@H](CC)C[C@H](CC)[C@@H](O)[C@@]1(CC)CO. The molecule has 1 aliphatic carbocycles. The number of hydrogen-bond acceptors (Lipinski definition) is 2. The molecule has 1 fully saturated rings. The van der Waals surface area contributed by atoms with Crippen molar-refractivity contribution in [1.29, 1.82) is 0 Å². The van der Waals surface area contributed by atoms with Crippen molar-refractivity contribution in [3.8, 4) is 0 Å². The van der Waals surface area contributed by atoms with Gasteiger partial charge < -0.3 is 10.2 Å². The van der Waals surface area contributed by atoms with Crippen molar-refractivity contribution in [2.45, 2.75) is 72.3 Å². The number of aliphatic hydroxyl groups is 2. The summed E-state index contributed by atoms with van der Waals surface area (Å²) in [6.07, 6.45) is 6.20. The van der Waals surface area contributed by atoms with Gasteiger partial charge in [0.2, 0.25) is 0 Å². The van der Waals surface area contributed by atoms with Gasteiger partial charge in [0.15, 0.2) is 0 Å². The van der Waals surface area contributed by atoms with Crippen molar-refractivity contribution in [2.24, 2.45) is 23.2 Å². The molecule has 108 valence electrons. The number of hydrogen-bond donors (Lipinski definition) is 2. The molecule has 1 rings (SSSR count). The molecule has 0 saturated heterocycles. The molecule has 0 spiro atoms. The molecule has 2 N–H and O–H groups in total. The Hall–Kier alpha value is -0.0800. The van der Waals surface area contributed by atoms with Crippen LogP contribution < -0.4 is 0 Å². The van der Waals surface area contributed by atoms with E-state index < -0.39 is 0 Å². The molecular formula is C16H32O2. The zero-order chi connectivity index (χ0) is 13.8. The van der Waals surface area contributed by atoms with Crippen LogP contribution in [0, 0.1) is 23.2 Å². The molecule has 0 bridgehead atoms. The van der Waals surface area contributed by atoms with E-state index in [4.69, 9.17) is 0 Å². The zero-order valence-electron chi connectivity index (χ0n) is 12.7. The molecule has 1 saturated carbocycles. The first-order valence-corrected chi connectivity index (χ1v) is 7.90. The Morgan fingerprint density at radius 1 is 1.06 bits per heavy atom. The van der Waals surface area contributed by atoms with E-state index in [1.807, 2.05) is 0 Å². The standard InChI is InChI=1S/C16H32O2/c1-5-9-14-12(6-2)10-13(7-3)15(18)16(14,8-4)11-17/h12-15,17-18H,5-11H2,1-4H3/t12-,13+,14-,15-,16+/m1/s1. The van der Waals surface area contributed by atoms with Crippen molar-refractivity contribution >= 4 is 0 Å². The van der Waals surface area contributed by atoms with Crippen molar-refractivity contribution in [3.63, 3.8) is 0 Å². The van der Waals surface area contributed by atoms with E-state index in [0.717, 1.165) is 32.1 Å². The van der Waals surface area contributed by atoms with Gasteiger partial charge in [-0.3, -0.25) is 0 Å². The second-order valence-electron chi connectivity index (χ2n) is 6.16. The van der Waals surface area contributed by atoms with Gasteiger partial charge in [-0.25, -0.2) is 0 Å². The van der Waals surface area contributed by atoms with Crippen molar-refractivity contribution < 1.29 is 10.2 Å². The lowest BCUT2D eigenvalue weighted by molar-refractivity contribution is -0.144. The summed E-state index contributed by atoms with van der Waals surface area (Å²) in [6.45, 7) is 8.91. The molecule has 0 heterocycles. The van der Waals surface area contributed by atoms with Gasteiger partial charge in [-0.2, -0.15) is 0 Å². The average molecular weight is 256 g/mol. The Morgan fingerprint density at radius 3 is 2.06 bits per heavy atom. The Morgan fingerprint density at radius 2 is 1.67 bits per heavy atom. The minimum atomic E-state index is -0.322. The lowest BCUT2D eigenvalue weighted by atomic mass is 9.54. The molecule has 0 radical (unpaired) electrons. The van der Waals surface area contributed by atoms with Crippen LogP contribution in [0.25, 0.3) is 0 Å². The maximum atomic E-state index is 10.7. The largest absolute Gasteiger partial charge is 0.396 e. The van der Waals surface area contributed by atoms with Crippen LogP contribution in [0.3, 0.4) is 0 Å². The second-order valence-corrected chi connectivity index (χ2v) is 6.16. The maximum absolute atomic E-state index is 10.7. The van der Waals surface area contributed by atoms with Crippen LogP contribution in [0.4, 0.5) is 0 Å². The van der Waals surface area contributed by atoms with Gasteiger partial charge in [-0.1, -0.05) is 47.0 Å². The molecule has 0 unspecified atom stereocenters. The van der Waals surface area contributed by atoms with Gasteiger partial charge in [0, 0.05) is 5.41 Å². The van der Waals surface area contributed by atoms with E-state index in [9.17, 15) is 10.2 Å². The molecule has 1 aliphatic rings. The minimum absolute atomic E-state index is 0.141. The monoisotopic (exact) mass is 256 g/mol. The zero-order valence-corrected chi connectivity index (χ0v) is 12.7. The van der Waals surface area contributed by atoms with E-state index in [1.54, 1.807) is 0 Å². The molecule has 2 heteroatoms. The highest BCUT2D eigenvalue weighted by Gasteiger charge is 2.51. The minimum Gasteiger partial charge on any atom is -0.396 e. The van der Waals surface area contributed by atoms with Gasteiger partial charge in [-0.05, 0) is 37.0 Å². The van der Waals surface area contributed by atoms with Gasteiger partial charge in [0.25, 0.3) is 0 Å². The van der Waals surface area contributed by atoms with Gasteiger partial charge in [0.05, 0.1) is 12.7 Å². The first-order valence-electron chi connectivity index (χ1n) is 7.90.